The number of rotatable bonds is 5. The van der Waals surface area contributed by atoms with Crippen LogP contribution in [0.3, 0.4) is 0 Å². The van der Waals surface area contributed by atoms with Gasteiger partial charge < -0.3 is 15.5 Å². The molecule has 0 aliphatic rings. The summed E-state index contributed by atoms with van der Waals surface area (Å²) in [5, 5.41) is 20.3. The van der Waals surface area contributed by atoms with Crippen LogP contribution in [0.1, 0.15) is 30.1 Å². The predicted octanol–water partition coefficient (Wildman–Crippen LogP) is 0.0636. The lowest BCUT2D eigenvalue weighted by atomic mass is 10.1. The van der Waals surface area contributed by atoms with Gasteiger partial charge in [0.15, 0.2) is 5.88 Å². The summed E-state index contributed by atoms with van der Waals surface area (Å²) in [6.07, 6.45) is 0.883. The molecule has 1 aromatic rings. The number of H-pyrrole nitrogens is 1. The van der Waals surface area contributed by atoms with E-state index in [9.17, 15) is 14.4 Å². The van der Waals surface area contributed by atoms with Gasteiger partial charge in [-0.15, -0.1) is 0 Å². The minimum atomic E-state index is -1.14. The molecule has 0 bridgehead atoms. The van der Waals surface area contributed by atoms with E-state index in [-0.39, 0.29) is 12.0 Å². The quantitative estimate of drug-likeness (QED) is 0.592. The number of nitrogens with one attached hydrogen (secondary N) is 2. The number of pyridine rings is 1. The molecule has 0 saturated heterocycles. The van der Waals surface area contributed by atoms with Crippen LogP contribution in [0.4, 0.5) is 0 Å². The zero-order chi connectivity index (χ0) is 13.7. The van der Waals surface area contributed by atoms with Gasteiger partial charge in [0.25, 0.3) is 11.5 Å². The summed E-state index contributed by atoms with van der Waals surface area (Å²) in [4.78, 5) is 35.7. The Morgan fingerprint density at radius 3 is 2.61 bits per heavy atom. The number of amides is 1. The summed E-state index contributed by atoms with van der Waals surface area (Å²) in [6, 6.07) is 1.03. The van der Waals surface area contributed by atoms with E-state index < -0.39 is 29.4 Å². The number of hydrogen-bond acceptors (Lipinski definition) is 4. The fourth-order valence-corrected chi connectivity index (χ4v) is 1.45. The van der Waals surface area contributed by atoms with Gasteiger partial charge in [-0.2, -0.15) is 0 Å². The van der Waals surface area contributed by atoms with Crippen molar-refractivity contribution in [2.24, 2.45) is 0 Å². The number of carboxylic acid groups (broad SMARTS) is 1. The van der Waals surface area contributed by atoms with Crippen molar-refractivity contribution in [3.63, 3.8) is 0 Å². The number of aromatic hydroxyl groups is 1. The van der Waals surface area contributed by atoms with Crippen LogP contribution in [0.15, 0.2) is 16.9 Å². The Morgan fingerprint density at radius 2 is 2.11 bits per heavy atom. The van der Waals surface area contributed by atoms with Crippen LogP contribution in [0.5, 0.6) is 5.88 Å². The molecule has 1 atom stereocenters. The van der Waals surface area contributed by atoms with E-state index in [4.69, 9.17) is 10.2 Å². The highest BCUT2D eigenvalue weighted by Crippen LogP contribution is 2.05. The molecule has 1 rings (SSSR count). The van der Waals surface area contributed by atoms with E-state index >= 15 is 0 Å². The Kier molecular flexibility index (Phi) is 4.47. The topological polar surface area (TPSA) is 119 Å². The van der Waals surface area contributed by atoms with Crippen LogP contribution in [0.2, 0.25) is 0 Å². The van der Waals surface area contributed by atoms with Gasteiger partial charge in [0.2, 0.25) is 0 Å². The number of carbonyl (C=O) groups excluding carboxylic acids is 1. The molecule has 0 aliphatic carbocycles. The van der Waals surface area contributed by atoms with Gasteiger partial charge in [-0.3, -0.25) is 14.6 Å². The molecule has 0 unspecified atom stereocenters. The maximum Gasteiger partial charge on any atom is 0.326 e. The summed E-state index contributed by atoms with van der Waals surface area (Å²) >= 11 is 0. The first-order valence-electron chi connectivity index (χ1n) is 5.41. The smallest absolute Gasteiger partial charge is 0.326 e. The molecule has 18 heavy (non-hydrogen) atoms. The number of hydrogen-bond donors (Lipinski definition) is 4. The largest absolute Gasteiger partial charge is 0.494 e. The van der Waals surface area contributed by atoms with Crippen molar-refractivity contribution in [2.45, 2.75) is 25.8 Å². The van der Waals surface area contributed by atoms with Gasteiger partial charge in [0.05, 0.1) is 5.56 Å². The Balaban J connectivity index is 2.86. The third-order valence-electron chi connectivity index (χ3n) is 2.27. The van der Waals surface area contributed by atoms with Crippen LogP contribution in [0, 0.1) is 0 Å². The SMILES string of the molecule is CCC[C@H](NC(=O)c1cc(O)[nH]c(=O)c1)C(=O)O. The number of aliphatic carboxylic acids is 1. The van der Waals surface area contributed by atoms with Gasteiger partial charge in [-0.05, 0) is 6.42 Å². The minimum Gasteiger partial charge on any atom is -0.494 e. The molecular formula is C11H14N2O5. The molecule has 0 aromatic carbocycles. The molecule has 1 aromatic heterocycles. The Morgan fingerprint density at radius 1 is 1.44 bits per heavy atom. The van der Waals surface area contributed by atoms with Gasteiger partial charge in [-0.1, -0.05) is 13.3 Å². The fourth-order valence-electron chi connectivity index (χ4n) is 1.45. The van der Waals surface area contributed by atoms with E-state index in [1.165, 1.54) is 0 Å². The van der Waals surface area contributed by atoms with Gasteiger partial charge in [-0.25, -0.2) is 4.79 Å². The van der Waals surface area contributed by atoms with Crippen molar-refractivity contribution in [1.29, 1.82) is 0 Å². The first-order chi connectivity index (χ1) is 8.43. The maximum absolute atomic E-state index is 11.7. The lowest BCUT2D eigenvalue weighted by Crippen LogP contribution is -2.40. The molecule has 0 fully saturated rings. The van der Waals surface area contributed by atoms with Crippen LogP contribution >= 0.6 is 0 Å². The molecule has 4 N–H and O–H groups in total. The van der Waals surface area contributed by atoms with E-state index in [0.717, 1.165) is 12.1 Å². The Hall–Kier alpha value is -2.31. The van der Waals surface area contributed by atoms with Gasteiger partial charge in [0.1, 0.15) is 6.04 Å². The lowest BCUT2D eigenvalue weighted by Gasteiger charge is -2.13. The Labute approximate surface area is 102 Å². The van der Waals surface area contributed by atoms with E-state index in [1.807, 2.05) is 0 Å². The van der Waals surface area contributed by atoms with E-state index in [1.54, 1.807) is 6.92 Å². The lowest BCUT2D eigenvalue weighted by molar-refractivity contribution is -0.139. The second kappa shape index (κ2) is 5.85. The molecule has 7 heteroatoms. The van der Waals surface area contributed by atoms with Crippen molar-refractivity contribution in [3.05, 3.63) is 28.0 Å². The second-order valence-electron chi connectivity index (χ2n) is 3.77. The fraction of sp³-hybridized carbons (Fsp3) is 0.364. The average Bonchev–Trinajstić information content (AvgIpc) is 2.26. The standard InChI is InChI=1S/C11H14N2O5/c1-2-3-7(11(17)18)12-10(16)6-4-8(14)13-9(15)5-6/h4-5,7H,2-3H2,1H3,(H,12,16)(H,17,18)(H2,13,14,15)/t7-/m0/s1. The van der Waals surface area contributed by atoms with Crippen molar-refractivity contribution in [3.8, 4) is 5.88 Å². The van der Waals surface area contributed by atoms with Gasteiger partial charge in [0, 0.05) is 12.1 Å². The number of aromatic nitrogens is 1. The number of aromatic amines is 1. The molecular weight excluding hydrogens is 240 g/mol. The first-order valence-corrected chi connectivity index (χ1v) is 5.41. The molecule has 7 nitrogen and oxygen atoms in total. The summed E-state index contributed by atoms with van der Waals surface area (Å²) in [7, 11) is 0. The summed E-state index contributed by atoms with van der Waals surface area (Å²) in [5.74, 6) is -2.30. The summed E-state index contributed by atoms with van der Waals surface area (Å²) in [6.45, 7) is 1.79. The molecule has 0 aliphatic heterocycles. The summed E-state index contributed by atoms with van der Waals surface area (Å²) < 4.78 is 0. The number of carbonyl (C=O) groups is 2. The highest BCUT2D eigenvalue weighted by atomic mass is 16.4. The maximum atomic E-state index is 11.7. The highest BCUT2D eigenvalue weighted by molar-refractivity contribution is 5.96. The molecule has 0 saturated carbocycles. The predicted molar refractivity (Wildman–Crippen MR) is 62.5 cm³/mol. The molecule has 0 spiro atoms. The Bertz CT molecular complexity index is 508. The van der Waals surface area contributed by atoms with Crippen LogP contribution in [0.25, 0.3) is 0 Å². The highest BCUT2D eigenvalue weighted by Gasteiger charge is 2.20. The number of carboxylic acids is 1. The van der Waals surface area contributed by atoms with Crippen LogP contribution in [-0.4, -0.2) is 33.1 Å². The third kappa shape index (κ3) is 3.62. The molecule has 1 amide bonds. The zero-order valence-electron chi connectivity index (χ0n) is 9.77. The van der Waals surface area contributed by atoms with Crippen LogP contribution in [-0.2, 0) is 4.79 Å². The second-order valence-corrected chi connectivity index (χ2v) is 3.77. The normalized spacial score (nSPS) is 11.8. The van der Waals surface area contributed by atoms with Gasteiger partial charge >= 0.3 is 5.97 Å². The van der Waals surface area contributed by atoms with Crippen molar-refractivity contribution in [1.82, 2.24) is 10.3 Å². The van der Waals surface area contributed by atoms with Crippen LogP contribution < -0.4 is 10.9 Å². The molecule has 0 radical (unpaired) electrons. The minimum absolute atomic E-state index is 0.0846. The van der Waals surface area contributed by atoms with Crippen molar-refractivity contribution >= 4 is 11.9 Å². The molecule has 1 heterocycles. The van der Waals surface area contributed by atoms with E-state index in [2.05, 4.69) is 10.3 Å². The average molecular weight is 254 g/mol. The first kappa shape index (κ1) is 13.8. The van der Waals surface area contributed by atoms with Crippen molar-refractivity contribution in [2.75, 3.05) is 0 Å². The van der Waals surface area contributed by atoms with Crippen molar-refractivity contribution < 1.29 is 19.8 Å². The molecule has 98 valence electrons. The van der Waals surface area contributed by atoms with E-state index in [0.29, 0.717) is 6.42 Å². The third-order valence-corrected chi connectivity index (χ3v) is 2.27. The monoisotopic (exact) mass is 254 g/mol. The summed E-state index contributed by atoms with van der Waals surface area (Å²) in [5.41, 5.74) is -0.721. The zero-order valence-corrected chi connectivity index (χ0v) is 9.77.